The van der Waals surface area contributed by atoms with Crippen molar-refractivity contribution in [1.82, 2.24) is 4.98 Å². The molecule has 7 nitrogen and oxygen atoms in total. The first-order valence-electron chi connectivity index (χ1n) is 13.0. The van der Waals surface area contributed by atoms with E-state index in [0.29, 0.717) is 57.7 Å². The lowest BCUT2D eigenvalue weighted by Gasteiger charge is -2.22. The quantitative estimate of drug-likeness (QED) is 0.164. The van der Waals surface area contributed by atoms with Crippen molar-refractivity contribution in [3.8, 4) is 17.2 Å². The van der Waals surface area contributed by atoms with Crippen molar-refractivity contribution in [2.45, 2.75) is 44.8 Å². The minimum atomic E-state index is -3.03. The van der Waals surface area contributed by atoms with Crippen LogP contribution in [0.25, 0.3) is 0 Å². The van der Waals surface area contributed by atoms with Crippen LogP contribution in [0.5, 0.6) is 17.2 Å². The first-order chi connectivity index (χ1) is 19.3. The number of benzene rings is 2. The summed E-state index contributed by atoms with van der Waals surface area (Å²) in [6.45, 7) is -2.13. The van der Waals surface area contributed by atoms with Crippen molar-refractivity contribution in [2.24, 2.45) is 11.8 Å². The fraction of sp³-hybridized carbons (Fsp3) is 0.379. The standard InChI is InChI=1S/C29H28Cl2F2N2O5/c30-21-12-35-13-22(31)20(21)11-25(18-6-8-24(40-29(32)33)27(9-18)38-15-17-3-4-17)39-28(36)19-5-7-23(34)26(10-19)37-14-16-1-2-16/h5-10,12-13,16-17,25,29H,1-4,11,14-15,34H2/t25-/m0/s1. The van der Waals surface area contributed by atoms with E-state index in [-0.39, 0.29) is 23.5 Å². The van der Waals surface area contributed by atoms with Crippen LogP contribution in [-0.2, 0) is 11.2 Å². The number of aromatic nitrogens is 1. The highest BCUT2D eigenvalue weighted by Gasteiger charge is 2.27. The van der Waals surface area contributed by atoms with E-state index in [9.17, 15) is 13.6 Å². The summed E-state index contributed by atoms with van der Waals surface area (Å²) in [4.78, 5) is 17.4. The summed E-state index contributed by atoms with van der Waals surface area (Å²) >= 11 is 12.8. The fourth-order valence-corrected chi connectivity index (χ4v) is 4.56. The third-order valence-electron chi connectivity index (χ3n) is 6.74. The summed E-state index contributed by atoms with van der Waals surface area (Å²) in [7, 11) is 0. The highest BCUT2D eigenvalue weighted by molar-refractivity contribution is 6.35. The zero-order valence-electron chi connectivity index (χ0n) is 21.5. The Hall–Kier alpha value is -3.30. The molecular formula is C29H28Cl2F2N2O5. The predicted molar refractivity (Wildman–Crippen MR) is 146 cm³/mol. The molecule has 1 heterocycles. The maximum Gasteiger partial charge on any atom is 0.387 e. The van der Waals surface area contributed by atoms with Crippen LogP contribution in [0.15, 0.2) is 48.8 Å². The number of esters is 1. The largest absolute Gasteiger partial charge is 0.491 e. The second-order valence-corrected chi connectivity index (χ2v) is 10.8. The Kier molecular flexibility index (Phi) is 8.81. The zero-order chi connectivity index (χ0) is 28.2. The Morgan fingerprint density at radius 1 is 0.925 bits per heavy atom. The highest BCUT2D eigenvalue weighted by atomic mass is 35.5. The Bertz CT molecular complexity index is 1350. The molecule has 1 atom stereocenters. The Balaban J connectivity index is 1.44. The molecule has 3 aromatic rings. The van der Waals surface area contributed by atoms with Gasteiger partial charge in [0.15, 0.2) is 11.5 Å². The molecule has 5 rings (SSSR count). The minimum Gasteiger partial charge on any atom is -0.491 e. The van der Waals surface area contributed by atoms with Crippen LogP contribution < -0.4 is 19.9 Å². The minimum absolute atomic E-state index is 0.0864. The summed E-state index contributed by atoms with van der Waals surface area (Å²) in [5.41, 5.74) is 7.69. The average Bonchev–Trinajstić information content (AvgIpc) is 3.84. The highest BCUT2D eigenvalue weighted by Crippen LogP contribution is 2.38. The molecule has 2 aromatic carbocycles. The normalized spacial score (nSPS) is 15.5. The molecule has 2 aliphatic rings. The summed E-state index contributed by atoms with van der Waals surface area (Å²) in [5.74, 6) is 0.648. The smallest absolute Gasteiger partial charge is 0.387 e. The molecule has 2 saturated carbocycles. The van der Waals surface area contributed by atoms with Gasteiger partial charge in [0.25, 0.3) is 0 Å². The Labute approximate surface area is 240 Å². The van der Waals surface area contributed by atoms with Crippen molar-refractivity contribution >= 4 is 34.9 Å². The fourth-order valence-electron chi connectivity index (χ4n) is 4.04. The molecule has 0 unspecified atom stereocenters. The van der Waals surface area contributed by atoms with Crippen molar-refractivity contribution in [2.75, 3.05) is 18.9 Å². The van der Waals surface area contributed by atoms with Crippen LogP contribution in [0.3, 0.4) is 0 Å². The van der Waals surface area contributed by atoms with Gasteiger partial charge in [-0.05, 0) is 79.0 Å². The van der Waals surface area contributed by atoms with E-state index in [1.165, 1.54) is 30.6 Å². The molecule has 0 amide bonds. The zero-order valence-corrected chi connectivity index (χ0v) is 23.0. The lowest BCUT2D eigenvalue weighted by molar-refractivity contribution is -0.0515. The van der Waals surface area contributed by atoms with Gasteiger partial charge in [-0.25, -0.2) is 4.79 Å². The maximum absolute atomic E-state index is 13.4. The molecule has 2 fully saturated rings. The number of anilines is 1. The van der Waals surface area contributed by atoms with Gasteiger partial charge in [-0.15, -0.1) is 0 Å². The van der Waals surface area contributed by atoms with Crippen LogP contribution in [0.1, 0.15) is 53.3 Å². The summed E-state index contributed by atoms with van der Waals surface area (Å²) in [6, 6.07) is 9.13. The summed E-state index contributed by atoms with van der Waals surface area (Å²) < 4.78 is 48.4. The Morgan fingerprint density at radius 2 is 1.57 bits per heavy atom. The van der Waals surface area contributed by atoms with E-state index in [1.807, 2.05) is 0 Å². The number of carbonyl (C=O) groups is 1. The monoisotopic (exact) mass is 592 g/mol. The number of nitrogens with zero attached hydrogens (tertiary/aromatic N) is 1. The topological polar surface area (TPSA) is 92.9 Å². The number of alkyl halides is 2. The van der Waals surface area contributed by atoms with Crippen LogP contribution in [0.4, 0.5) is 14.5 Å². The van der Waals surface area contributed by atoms with E-state index in [0.717, 1.165) is 25.7 Å². The molecule has 0 saturated heterocycles. The molecule has 0 bridgehead atoms. The van der Waals surface area contributed by atoms with Gasteiger partial charge in [0.05, 0.1) is 34.5 Å². The summed E-state index contributed by atoms with van der Waals surface area (Å²) in [5, 5.41) is 0.583. The van der Waals surface area contributed by atoms with Crippen molar-refractivity contribution in [3.63, 3.8) is 0 Å². The number of nitrogens with two attached hydrogens (primary N) is 1. The van der Waals surface area contributed by atoms with E-state index in [1.54, 1.807) is 18.2 Å². The van der Waals surface area contributed by atoms with E-state index in [4.69, 9.17) is 43.1 Å². The van der Waals surface area contributed by atoms with Crippen molar-refractivity contribution in [3.05, 3.63) is 75.5 Å². The number of ether oxygens (including phenoxy) is 4. The van der Waals surface area contributed by atoms with Gasteiger partial charge < -0.3 is 24.7 Å². The van der Waals surface area contributed by atoms with Crippen molar-refractivity contribution < 1.29 is 32.5 Å². The number of pyridine rings is 1. The summed E-state index contributed by atoms with van der Waals surface area (Å²) in [6.07, 6.45) is 6.29. The van der Waals surface area contributed by atoms with Gasteiger partial charge in [-0.2, -0.15) is 8.78 Å². The van der Waals surface area contributed by atoms with Gasteiger partial charge in [0.2, 0.25) is 0 Å². The van der Waals surface area contributed by atoms with Gasteiger partial charge in [0.1, 0.15) is 11.9 Å². The molecule has 0 spiro atoms. The predicted octanol–water partition coefficient (Wildman–Crippen LogP) is 7.29. The molecule has 212 valence electrons. The third kappa shape index (κ3) is 7.46. The molecule has 2 N–H and O–H groups in total. The lowest BCUT2D eigenvalue weighted by atomic mass is 10.0. The van der Waals surface area contributed by atoms with E-state index >= 15 is 0 Å². The number of rotatable bonds is 13. The second-order valence-electron chi connectivity index (χ2n) is 10.0. The molecule has 40 heavy (non-hydrogen) atoms. The van der Waals surface area contributed by atoms with E-state index < -0.39 is 18.7 Å². The lowest BCUT2D eigenvalue weighted by Crippen LogP contribution is -2.16. The number of nitrogen functional groups attached to an aromatic ring is 1. The van der Waals surface area contributed by atoms with Gasteiger partial charge in [-0.3, -0.25) is 4.98 Å². The van der Waals surface area contributed by atoms with Gasteiger partial charge in [-0.1, -0.05) is 29.3 Å². The number of hydrogen-bond donors (Lipinski definition) is 1. The molecule has 1 aromatic heterocycles. The van der Waals surface area contributed by atoms with Crippen LogP contribution in [0.2, 0.25) is 10.0 Å². The molecule has 11 heteroatoms. The average molecular weight is 593 g/mol. The molecule has 0 radical (unpaired) electrons. The number of halogens is 4. The van der Waals surface area contributed by atoms with Gasteiger partial charge >= 0.3 is 12.6 Å². The number of carbonyl (C=O) groups excluding carboxylic acids is 1. The SMILES string of the molecule is Nc1ccc(C(=O)O[C@@H](Cc2c(Cl)cncc2Cl)c2ccc(OC(F)F)c(OCC3CC3)c2)cc1OCC1CC1. The van der Waals surface area contributed by atoms with Crippen LogP contribution in [0, 0.1) is 11.8 Å². The van der Waals surface area contributed by atoms with Crippen LogP contribution in [-0.4, -0.2) is 30.8 Å². The van der Waals surface area contributed by atoms with Crippen molar-refractivity contribution in [1.29, 1.82) is 0 Å². The first kappa shape index (κ1) is 28.2. The molecular weight excluding hydrogens is 565 g/mol. The first-order valence-corrected chi connectivity index (χ1v) is 13.7. The van der Waals surface area contributed by atoms with Gasteiger partial charge in [0, 0.05) is 18.8 Å². The van der Waals surface area contributed by atoms with Crippen LogP contribution >= 0.6 is 23.2 Å². The second kappa shape index (κ2) is 12.5. The maximum atomic E-state index is 13.4. The molecule has 2 aliphatic carbocycles. The number of hydrogen-bond acceptors (Lipinski definition) is 7. The third-order valence-corrected chi connectivity index (χ3v) is 7.39. The Morgan fingerprint density at radius 3 is 2.20 bits per heavy atom. The molecule has 0 aliphatic heterocycles. The van der Waals surface area contributed by atoms with E-state index in [2.05, 4.69) is 9.72 Å².